The van der Waals surface area contributed by atoms with Crippen LogP contribution >= 0.6 is 0 Å². The summed E-state index contributed by atoms with van der Waals surface area (Å²) in [6.07, 6.45) is 4.65. The molecule has 0 aromatic heterocycles. The minimum absolute atomic E-state index is 0.0950. The van der Waals surface area contributed by atoms with Crippen molar-refractivity contribution < 1.29 is 17.6 Å². The van der Waals surface area contributed by atoms with Gasteiger partial charge in [0.15, 0.2) is 0 Å². The molecule has 2 aliphatic rings. The lowest BCUT2D eigenvalue weighted by molar-refractivity contribution is -0.117. The summed E-state index contributed by atoms with van der Waals surface area (Å²) >= 11 is 0. The SMILES string of the molecule is O=C(Nc1ccc(S(=O)(=O)N2CCCCCC2)cc1)C1CC1c1ccc(F)cc1. The van der Waals surface area contributed by atoms with Gasteiger partial charge in [-0.05, 0) is 67.1 Å². The fraction of sp³-hybridized carbons (Fsp3) is 0.409. The predicted molar refractivity (Wildman–Crippen MR) is 110 cm³/mol. The number of carbonyl (C=O) groups is 1. The highest BCUT2D eigenvalue weighted by Gasteiger charge is 2.43. The number of hydrogen-bond acceptors (Lipinski definition) is 3. The lowest BCUT2D eigenvalue weighted by Gasteiger charge is -2.20. The number of benzene rings is 2. The minimum atomic E-state index is -3.49. The molecule has 2 atom stereocenters. The minimum Gasteiger partial charge on any atom is -0.326 e. The number of rotatable bonds is 5. The van der Waals surface area contributed by atoms with Crippen molar-refractivity contribution in [1.29, 1.82) is 0 Å². The maximum atomic E-state index is 13.0. The van der Waals surface area contributed by atoms with Gasteiger partial charge in [-0.3, -0.25) is 4.79 Å². The van der Waals surface area contributed by atoms with Crippen LogP contribution in [0.15, 0.2) is 53.4 Å². The number of halogens is 1. The molecule has 154 valence electrons. The number of hydrogen-bond donors (Lipinski definition) is 1. The highest BCUT2D eigenvalue weighted by molar-refractivity contribution is 7.89. The number of sulfonamides is 1. The van der Waals surface area contributed by atoms with Crippen LogP contribution in [0.1, 0.15) is 43.6 Å². The van der Waals surface area contributed by atoms with Gasteiger partial charge >= 0.3 is 0 Å². The molecule has 2 aromatic carbocycles. The molecule has 0 spiro atoms. The molecule has 1 saturated heterocycles. The quantitative estimate of drug-likeness (QED) is 0.797. The number of nitrogens with one attached hydrogen (secondary N) is 1. The maximum absolute atomic E-state index is 13.0. The first-order valence-corrected chi connectivity index (χ1v) is 11.6. The Morgan fingerprint density at radius 3 is 2.17 bits per heavy atom. The van der Waals surface area contributed by atoms with E-state index in [4.69, 9.17) is 0 Å². The largest absolute Gasteiger partial charge is 0.326 e. The molecule has 1 aliphatic heterocycles. The molecular weight excluding hydrogens is 391 g/mol. The Morgan fingerprint density at radius 2 is 1.55 bits per heavy atom. The van der Waals surface area contributed by atoms with E-state index in [0.717, 1.165) is 37.7 Å². The Hall–Kier alpha value is -2.25. The Balaban J connectivity index is 1.38. The molecule has 2 fully saturated rings. The van der Waals surface area contributed by atoms with Crippen molar-refractivity contribution in [3.63, 3.8) is 0 Å². The van der Waals surface area contributed by atoms with Crippen molar-refractivity contribution in [3.8, 4) is 0 Å². The summed E-state index contributed by atoms with van der Waals surface area (Å²) < 4.78 is 40.3. The first-order valence-electron chi connectivity index (χ1n) is 10.1. The lowest BCUT2D eigenvalue weighted by atomic mass is 10.1. The molecule has 1 saturated carbocycles. The van der Waals surface area contributed by atoms with Crippen molar-refractivity contribution in [2.75, 3.05) is 18.4 Å². The van der Waals surface area contributed by atoms with Crippen LogP contribution in [-0.2, 0) is 14.8 Å². The van der Waals surface area contributed by atoms with E-state index < -0.39 is 10.0 Å². The summed E-state index contributed by atoms with van der Waals surface area (Å²) in [5.41, 5.74) is 1.54. The molecule has 29 heavy (non-hydrogen) atoms. The van der Waals surface area contributed by atoms with Gasteiger partial charge in [-0.15, -0.1) is 0 Å². The van der Waals surface area contributed by atoms with Crippen LogP contribution in [0.4, 0.5) is 10.1 Å². The fourth-order valence-electron chi connectivity index (χ4n) is 3.94. The van der Waals surface area contributed by atoms with E-state index in [-0.39, 0.29) is 28.5 Å². The van der Waals surface area contributed by atoms with Crippen LogP contribution in [0.5, 0.6) is 0 Å². The van der Waals surface area contributed by atoms with E-state index in [2.05, 4.69) is 5.32 Å². The van der Waals surface area contributed by atoms with Gasteiger partial charge < -0.3 is 5.32 Å². The van der Waals surface area contributed by atoms with Gasteiger partial charge in [0.05, 0.1) is 4.90 Å². The molecule has 0 radical (unpaired) electrons. The molecular formula is C22H25FN2O3S. The third-order valence-electron chi connectivity index (χ3n) is 5.75. The smallest absolute Gasteiger partial charge is 0.243 e. The monoisotopic (exact) mass is 416 g/mol. The molecule has 2 aromatic rings. The third-order valence-corrected chi connectivity index (χ3v) is 7.66. The van der Waals surface area contributed by atoms with Crippen LogP contribution in [0.2, 0.25) is 0 Å². The number of anilines is 1. The number of carbonyl (C=O) groups excluding carboxylic acids is 1. The van der Waals surface area contributed by atoms with Gasteiger partial charge in [-0.1, -0.05) is 25.0 Å². The average molecular weight is 417 g/mol. The van der Waals surface area contributed by atoms with Crippen molar-refractivity contribution in [3.05, 3.63) is 59.9 Å². The first kappa shape index (κ1) is 20.0. The lowest BCUT2D eigenvalue weighted by Crippen LogP contribution is -2.31. The zero-order valence-corrected chi connectivity index (χ0v) is 17.0. The van der Waals surface area contributed by atoms with Crippen LogP contribution in [0.3, 0.4) is 0 Å². The Bertz CT molecular complexity index is 966. The molecule has 0 bridgehead atoms. The van der Waals surface area contributed by atoms with Gasteiger partial charge in [0, 0.05) is 24.7 Å². The average Bonchev–Trinajstić information content (AvgIpc) is 3.53. The van der Waals surface area contributed by atoms with Crippen molar-refractivity contribution in [2.45, 2.75) is 42.9 Å². The zero-order chi connectivity index (χ0) is 20.4. The van der Waals surface area contributed by atoms with E-state index in [1.807, 2.05) is 0 Å². The van der Waals surface area contributed by atoms with Crippen molar-refractivity contribution in [2.24, 2.45) is 5.92 Å². The molecule has 2 unspecified atom stereocenters. The van der Waals surface area contributed by atoms with Gasteiger partial charge in [-0.2, -0.15) is 4.31 Å². The predicted octanol–water partition coefficient (Wildman–Crippen LogP) is 4.13. The zero-order valence-electron chi connectivity index (χ0n) is 16.2. The van der Waals surface area contributed by atoms with Gasteiger partial charge in [0.1, 0.15) is 5.82 Å². The molecule has 1 heterocycles. The van der Waals surface area contributed by atoms with Crippen molar-refractivity contribution in [1.82, 2.24) is 4.31 Å². The third kappa shape index (κ3) is 4.51. The highest BCUT2D eigenvalue weighted by Crippen LogP contribution is 2.48. The standard InChI is InChI=1S/C22H25FN2O3S/c23-17-7-5-16(6-8-17)20-15-21(20)22(26)24-18-9-11-19(12-10-18)29(27,28)25-13-3-1-2-4-14-25/h5-12,20-21H,1-4,13-15H2,(H,24,26). The van der Waals surface area contributed by atoms with Gasteiger partial charge in [0.2, 0.25) is 15.9 Å². The fourth-order valence-corrected chi connectivity index (χ4v) is 5.46. The van der Waals surface area contributed by atoms with E-state index in [1.165, 1.54) is 12.1 Å². The molecule has 1 N–H and O–H groups in total. The van der Waals surface area contributed by atoms with Gasteiger partial charge in [0.25, 0.3) is 0 Å². The summed E-state index contributed by atoms with van der Waals surface area (Å²) in [5, 5.41) is 2.86. The summed E-state index contributed by atoms with van der Waals surface area (Å²) in [6, 6.07) is 12.6. The van der Waals surface area contributed by atoms with Crippen LogP contribution in [0.25, 0.3) is 0 Å². The van der Waals surface area contributed by atoms with Gasteiger partial charge in [-0.25, -0.2) is 12.8 Å². The van der Waals surface area contributed by atoms with Crippen LogP contribution < -0.4 is 5.32 Å². The summed E-state index contributed by atoms with van der Waals surface area (Å²) in [7, 11) is -3.49. The normalized spacial score (nSPS) is 22.7. The molecule has 1 aliphatic carbocycles. The number of amides is 1. The second kappa shape index (κ2) is 8.24. The second-order valence-corrected chi connectivity index (χ2v) is 9.77. The second-order valence-electron chi connectivity index (χ2n) is 7.83. The molecule has 4 rings (SSSR count). The molecule has 7 heteroatoms. The Morgan fingerprint density at radius 1 is 0.931 bits per heavy atom. The van der Waals surface area contributed by atoms with E-state index >= 15 is 0 Å². The Kier molecular flexibility index (Phi) is 5.69. The molecule has 1 amide bonds. The summed E-state index contributed by atoms with van der Waals surface area (Å²) in [4.78, 5) is 12.7. The summed E-state index contributed by atoms with van der Waals surface area (Å²) in [6.45, 7) is 1.13. The first-order chi connectivity index (χ1) is 13.9. The maximum Gasteiger partial charge on any atom is 0.243 e. The summed E-state index contributed by atoms with van der Waals surface area (Å²) in [5.74, 6) is -0.410. The van der Waals surface area contributed by atoms with E-state index in [0.29, 0.717) is 18.8 Å². The molecule has 5 nitrogen and oxygen atoms in total. The van der Waals surface area contributed by atoms with E-state index in [9.17, 15) is 17.6 Å². The number of nitrogens with zero attached hydrogens (tertiary/aromatic N) is 1. The Labute approximate surface area is 171 Å². The van der Waals surface area contributed by atoms with E-state index in [1.54, 1.807) is 40.7 Å². The van der Waals surface area contributed by atoms with Crippen molar-refractivity contribution >= 4 is 21.6 Å². The highest BCUT2D eigenvalue weighted by atomic mass is 32.2. The van der Waals surface area contributed by atoms with Crippen LogP contribution in [0, 0.1) is 11.7 Å². The van der Waals surface area contributed by atoms with Crippen LogP contribution in [-0.4, -0.2) is 31.7 Å². The topological polar surface area (TPSA) is 66.5 Å².